The minimum Gasteiger partial charge on any atom is -0.508 e. The lowest BCUT2D eigenvalue weighted by Crippen LogP contribution is -2.19. The molecule has 0 bridgehead atoms. The standard InChI is InChI=1S/C15H17N3O2S/c1-9(2)13-8-21-15(16-13)14(20)18-17-10(3)11-4-6-12(19)7-5-11/h4-9,19H,1-3H3,(H,18,20)/b17-10+. The van der Waals surface area contributed by atoms with Crippen LogP contribution in [-0.2, 0) is 0 Å². The number of phenols is 1. The fraction of sp³-hybridized carbons (Fsp3) is 0.267. The summed E-state index contributed by atoms with van der Waals surface area (Å²) in [6.45, 7) is 5.85. The first-order valence-electron chi connectivity index (χ1n) is 6.57. The van der Waals surface area contributed by atoms with Crippen molar-refractivity contribution in [1.82, 2.24) is 10.4 Å². The van der Waals surface area contributed by atoms with Crippen LogP contribution in [0.15, 0.2) is 34.7 Å². The molecule has 21 heavy (non-hydrogen) atoms. The van der Waals surface area contributed by atoms with Crippen molar-refractivity contribution in [2.45, 2.75) is 26.7 Å². The molecule has 1 aromatic heterocycles. The summed E-state index contributed by atoms with van der Waals surface area (Å²) in [5, 5.41) is 15.6. The van der Waals surface area contributed by atoms with E-state index in [0.29, 0.717) is 16.6 Å². The number of nitrogens with zero attached hydrogens (tertiary/aromatic N) is 2. The van der Waals surface area contributed by atoms with Gasteiger partial charge in [0.1, 0.15) is 5.75 Å². The maximum atomic E-state index is 12.0. The van der Waals surface area contributed by atoms with Gasteiger partial charge in [0.2, 0.25) is 0 Å². The second kappa shape index (κ2) is 6.49. The van der Waals surface area contributed by atoms with Crippen LogP contribution in [0.5, 0.6) is 5.75 Å². The number of aromatic nitrogens is 1. The number of aromatic hydroxyl groups is 1. The average Bonchev–Trinajstić information content (AvgIpc) is 2.95. The van der Waals surface area contributed by atoms with Crippen molar-refractivity contribution in [2.24, 2.45) is 5.10 Å². The molecule has 0 saturated heterocycles. The summed E-state index contributed by atoms with van der Waals surface area (Å²) in [6.07, 6.45) is 0. The molecule has 0 spiro atoms. The van der Waals surface area contributed by atoms with Gasteiger partial charge in [0.15, 0.2) is 5.01 Å². The Kier molecular flexibility index (Phi) is 4.70. The Balaban J connectivity index is 2.05. The van der Waals surface area contributed by atoms with Gasteiger partial charge in [-0.05, 0) is 42.7 Å². The summed E-state index contributed by atoms with van der Waals surface area (Å²) in [6, 6.07) is 6.62. The molecule has 0 saturated carbocycles. The molecule has 2 rings (SSSR count). The molecule has 0 radical (unpaired) electrons. The highest BCUT2D eigenvalue weighted by molar-refractivity contribution is 7.11. The number of amides is 1. The Hall–Kier alpha value is -2.21. The number of rotatable bonds is 4. The molecule has 0 fully saturated rings. The number of hydrogen-bond donors (Lipinski definition) is 2. The lowest BCUT2D eigenvalue weighted by Gasteiger charge is -2.02. The van der Waals surface area contributed by atoms with E-state index in [1.54, 1.807) is 31.2 Å². The highest BCUT2D eigenvalue weighted by atomic mass is 32.1. The van der Waals surface area contributed by atoms with Crippen molar-refractivity contribution < 1.29 is 9.90 Å². The van der Waals surface area contributed by atoms with Crippen LogP contribution in [-0.4, -0.2) is 21.7 Å². The zero-order chi connectivity index (χ0) is 15.4. The van der Waals surface area contributed by atoms with Crippen LogP contribution in [0.25, 0.3) is 0 Å². The maximum Gasteiger partial charge on any atom is 0.300 e. The predicted molar refractivity (Wildman–Crippen MR) is 84.0 cm³/mol. The van der Waals surface area contributed by atoms with E-state index >= 15 is 0 Å². The van der Waals surface area contributed by atoms with Gasteiger partial charge >= 0.3 is 0 Å². The van der Waals surface area contributed by atoms with Gasteiger partial charge < -0.3 is 5.11 Å². The van der Waals surface area contributed by atoms with Crippen LogP contribution >= 0.6 is 11.3 Å². The van der Waals surface area contributed by atoms with Crippen LogP contribution in [0.2, 0.25) is 0 Å². The van der Waals surface area contributed by atoms with Gasteiger partial charge in [0.25, 0.3) is 5.91 Å². The predicted octanol–water partition coefficient (Wildman–Crippen LogP) is 3.13. The summed E-state index contributed by atoms with van der Waals surface area (Å²) in [4.78, 5) is 16.2. The van der Waals surface area contributed by atoms with Crippen molar-refractivity contribution in [3.63, 3.8) is 0 Å². The van der Waals surface area contributed by atoms with E-state index in [1.165, 1.54) is 11.3 Å². The molecule has 1 aromatic carbocycles. The molecule has 1 amide bonds. The van der Waals surface area contributed by atoms with Crippen molar-refractivity contribution in [1.29, 1.82) is 0 Å². The van der Waals surface area contributed by atoms with Gasteiger partial charge in [0, 0.05) is 5.38 Å². The van der Waals surface area contributed by atoms with Crippen molar-refractivity contribution >= 4 is 23.0 Å². The molecular weight excluding hydrogens is 286 g/mol. The van der Waals surface area contributed by atoms with Crippen LogP contribution in [0.1, 0.15) is 47.7 Å². The molecule has 0 aliphatic rings. The van der Waals surface area contributed by atoms with Gasteiger partial charge in [-0.3, -0.25) is 4.79 Å². The number of hydrogen-bond acceptors (Lipinski definition) is 5. The molecule has 110 valence electrons. The molecule has 0 atom stereocenters. The van der Waals surface area contributed by atoms with E-state index in [0.717, 1.165) is 11.3 Å². The fourth-order valence-corrected chi connectivity index (χ4v) is 2.47. The maximum absolute atomic E-state index is 12.0. The molecule has 5 nitrogen and oxygen atoms in total. The van der Waals surface area contributed by atoms with E-state index < -0.39 is 0 Å². The molecule has 0 unspecified atom stereocenters. The largest absolute Gasteiger partial charge is 0.508 e. The van der Waals surface area contributed by atoms with Gasteiger partial charge in [0.05, 0.1) is 11.4 Å². The Labute approximate surface area is 127 Å². The first-order chi connectivity index (χ1) is 9.97. The summed E-state index contributed by atoms with van der Waals surface area (Å²) >= 11 is 1.31. The number of benzene rings is 1. The van der Waals surface area contributed by atoms with Gasteiger partial charge in [-0.15, -0.1) is 11.3 Å². The first kappa shape index (κ1) is 15.2. The zero-order valence-electron chi connectivity index (χ0n) is 12.1. The lowest BCUT2D eigenvalue weighted by atomic mass is 10.1. The number of hydrazone groups is 1. The Bertz CT molecular complexity index is 660. The number of phenolic OH excluding ortho intramolecular Hbond substituents is 1. The highest BCUT2D eigenvalue weighted by Crippen LogP contribution is 2.17. The molecule has 2 N–H and O–H groups in total. The van der Waals surface area contributed by atoms with Gasteiger partial charge in [-0.1, -0.05) is 13.8 Å². The third kappa shape index (κ3) is 3.88. The van der Waals surface area contributed by atoms with Crippen LogP contribution in [0.3, 0.4) is 0 Å². The monoisotopic (exact) mass is 303 g/mol. The Morgan fingerprint density at radius 1 is 1.33 bits per heavy atom. The topological polar surface area (TPSA) is 74.6 Å². The van der Waals surface area contributed by atoms with Crippen molar-refractivity contribution in [3.05, 3.63) is 45.9 Å². The second-order valence-electron chi connectivity index (χ2n) is 4.92. The first-order valence-corrected chi connectivity index (χ1v) is 7.45. The van der Waals surface area contributed by atoms with Crippen molar-refractivity contribution in [2.75, 3.05) is 0 Å². The molecule has 0 aliphatic carbocycles. The van der Waals surface area contributed by atoms with E-state index in [-0.39, 0.29) is 11.7 Å². The smallest absolute Gasteiger partial charge is 0.300 e. The summed E-state index contributed by atoms with van der Waals surface area (Å²) in [5.74, 6) is 0.176. The summed E-state index contributed by atoms with van der Waals surface area (Å²) in [7, 11) is 0. The number of thiazole rings is 1. The molecule has 0 aliphatic heterocycles. The second-order valence-corrected chi connectivity index (χ2v) is 5.78. The number of carbonyl (C=O) groups is 1. The summed E-state index contributed by atoms with van der Waals surface area (Å²) in [5.41, 5.74) is 4.89. The van der Waals surface area contributed by atoms with Gasteiger partial charge in [-0.25, -0.2) is 10.4 Å². The molecule has 6 heteroatoms. The van der Waals surface area contributed by atoms with Gasteiger partial charge in [-0.2, -0.15) is 5.10 Å². The quantitative estimate of drug-likeness (QED) is 0.673. The lowest BCUT2D eigenvalue weighted by molar-refractivity contribution is 0.0954. The van der Waals surface area contributed by atoms with Crippen LogP contribution in [0.4, 0.5) is 0 Å². The minimum atomic E-state index is -0.315. The fourth-order valence-electron chi connectivity index (χ4n) is 1.61. The minimum absolute atomic E-state index is 0.194. The van der Waals surface area contributed by atoms with Crippen molar-refractivity contribution in [3.8, 4) is 5.75 Å². The van der Waals surface area contributed by atoms with Crippen LogP contribution in [0, 0.1) is 0 Å². The van der Waals surface area contributed by atoms with E-state index in [1.807, 2.05) is 19.2 Å². The number of carbonyl (C=O) groups excluding carboxylic acids is 1. The average molecular weight is 303 g/mol. The van der Waals surface area contributed by atoms with E-state index in [2.05, 4.69) is 15.5 Å². The SMILES string of the molecule is C/C(=N\NC(=O)c1nc(C(C)C)cs1)c1ccc(O)cc1. The molecular formula is C15H17N3O2S. The zero-order valence-corrected chi connectivity index (χ0v) is 12.9. The Morgan fingerprint density at radius 2 is 2.00 bits per heavy atom. The summed E-state index contributed by atoms with van der Waals surface area (Å²) < 4.78 is 0. The van der Waals surface area contributed by atoms with E-state index in [4.69, 9.17) is 0 Å². The highest BCUT2D eigenvalue weighted by Gasteiger charge is 2.12. The Morgan fingerprint density at radius 3 is 2.57 bits per heavy atom. The van der Waals surface area contributed by atoms with Crippen LogP contribution < -0.4 is 5.43 Å². The normalized spacial score (nSPS) is 11.7. The molecule has 1 heterocycles. The number of nitrogens with one attached hydrogen (secondary N) is 1. The molecule has 2 aromatic rings. The third-order valence-electron chi connectivity index (χ3n) is 2.92. The third-order valence-corrected chi connectivity index (χ3v) is 3.78. The van der Waals surface area contributed by atoms with E-state index in [9.17, 15) is 9.90 Å².